The molecular weight excluding hydrogens is 540 g/mol. The molecule has 216 valence electrons. The van der Waals surface area contributed by atoms with Crippen molar-refractivity contribution in [3.63, 3.8) is 0 Å². The molecule has 4 heterocycles. The number of aliphatic hydroxyl groups is 1. The van der Waals surface area contributed by atoms with Gasteiger partial charge in [0.15, 0.2) is 11.3 Å². The Morgan fingerprint density at radius 2 is 1.90 bits per heavy atom. The summed E-state index contributed by atoms with van der Waals surface area (Å²) < 4.78 is 42.8. The number of fused-ring (bicyclic) bond motifs is 3. The van der Waals surface area contributed by atoms with Gasteiger partial charge in [0.25, 0.3) is 0 Å². The van der Waals surface area contributed by atoms with E-state index in [0.717, 1.165) is 13.0 Å². The van der Waals surface area contributed by atoms with E-state index in [1.54, 1.807) is 25.3 Å². The molecule has 0 spiro atoms. The summed E-state index contributed by atoms with van der Waals surface area (Å²) in [5.74, 6) is 0.811. The highest BCUT2D eigenvalue weighted by Crippen LogP contribution is 2.33. The highest BCUT2D eigenvalue weighted by molar-refractivity contribution is 7.89. The summed E-state index contributed by atoms with van der Waals surface area (Å²) in [4.78, 5) is 23.4. The molecule has 3 aromatic heterocycles. The number of benzene rings is 1. The van der Waals surface area contributed by atoms with Crippen LogP contribution in [-0.4, -0.2) is 112 Å². The van der Waals surface area contributed by atoms with E-state index in [1.807, 2.05) is 6.92 Å². The second-order valence-electron chi connectivity index (χ2n) is 9.56. The Morgan fingerprint density at radius 1 is 1.10 bits per heavy atom. The maximum Gasteiger partial charge on any atom is 0.337 e. The lowest BCUT2D eigenvalue weighted by atomic mass is 10.2. The molecule has 14 nitrogen and oxygen atoms in total. The summed E-state index contributed by atoms with van der Waals surface area (Å²) in [5.41, 5.74) is 1.24. The number of hydrogen-bond acceptors (Lipinski definition) is 10. The van der Waals surface area contributed by atoms with Crippen molar-refractivity contribution < 1.29 is 23.0 Å². The third-order valence-electron chi connectivity index (χ3n) is 6.94. The van der Waals surface area contributed by atoms with Crippen molar-refractivity contribution in [2.45, 2.75) is 31.2 Å². The predicted octanol–water partition coefficient (Wildman–Crippen LogP) is 0.558. The van der Waals surface area contributed by atoms with Gasteiger partial charge < -0.3 is 24.5 Å². The van der Waals surface area contributed by atoms with Crippen LogP contribution in [0.2, 0.25) is 0 Å². The van der Waals surface area contributed by atoms with Gasteiger partial charge in [0, 0.05) is 46.4 Å². The Hall–Kier alpha value is -3.37. The molecule has 40 heavy (non-hydrogen) atoms. The van der Waals surface area contributed by atoms with Crippen molar-refractivity contribution in [1.29, 1.82) is 0 Å². The molecule has 0 aliphatic carbocycles. The monoisotopic (exact) mass is 574 g/mol. The number of aromatic nitrogens is 6. The van der Waals surface area contributed by atoms with E-state index in [1.165, 1.54) is 19.6 Å². The smallest absolute Gasteiger partial charge is 0.337 e. The zero-order valence-corrected chi connectivity index (χ0v) is 23.4. The minimum atomic E-state index is -3.79. The van der Waals surface area contributed by atoms with Gasteiger partial charge in [-0.15, -0.1) is 10.2 Å². The molecule has 1 saturated heterocycles. The highest BCUT2D eigenvalue weighted by atomic mass is 32.2. The average Bonchev–Trinajstić information content (AvgIpc) is 3.63. The molecule has 0 bridgehead atoms. The third-order valence-corrected chi connectivity index (χ3v) is 8.83. The average molecular weight is 575 g/mol. The van der Waals surface area contributed by atoms with Crippen LogP contribution < -0.4 is 10.4 Å². The van der Waals surface area contributed by atoms with Gasteiger partial charge in [-0.3, -0.25) is 4.57 Å². The van der Waals surface area contributed by atoms with E-state index in [0.29, 0.717) is 73.2 Å². The number of nitrogens with zero attached hydrogens (tertiary/aromatic N) is 7. The normalized spacial score (nSPS) is 15.4. The van der Waals surface area contributed by atoms with Gasteiger partial charge in [0.1, 0.15) is 23.4 Å². The van der Waals surface area contributed by atoms with Gasteiger partial charge in [-0.05, 0) is 31.0 Å². The highest BCUT2D eigenvalue weighted by Gasteiger charge is 2.30. The molecule has 0 amide bonds. The molecule has 0 radical (unpaired) electrons. The molecule has 15 heteroatoms. The Kier molecular flexibility index (Phi) is 8.46. The van der Waals surface area contributed by atoms with E-state index < -0.39 is 10.0 Å². The molecular formula is C25H34N8O6S. The Labute approximate surface area is 231 Å². The first kappa shape index (κ1) is 28.2. The molecule has 2 N–H and O–H groups in total. The lowest BCUT2D eigenvalue weighted by molar-refractivity contribution is 0.171. The number of aromatic amines is 1. The van der Waals surface area contributed by atoms with Crippen LogP contribution in [0, 0.1) is 0 Å². The fourth-order valence-electron chi connectivity index (χ4n) is 4.82. The number of piperazine rings is 1. The summed E-state index contributed by atoms with van der Waals surface area (Å²) in [6.07, 6.45) is 2.76. The third kappa shape index (κ3) is 5.34. The van der Waals surface area contributed by atoms with E-state index in [-0.39, 0.29) is 30.3 Å². The fraction of sp³-hybridized carbons (Fsp3) is 0.520. The Balaban J connectivity index is 1.57. The SMILES string of the molecule is CCCOc1ccc(S(=O)(=O)N2CCN(CCCO)CC2)cc1-c1nc2c([nH]1)c1nncn1c(=O)n2CCOC. The zero-order chi connectivity index (χ0) is 28.3. The van der Waals surface area contributed by atoms with E-state index in [9.17, 15) is 13.2 Å². The minimum Gasteiger partial charge on any atom is -0.493 e. The van der Waals surface area contributed by atoms with Crippen molar-refractivity contribution >= 4 is 26.8 Å². The van der Waals surface area contributed by atoms with E-state index in [4.69, 9.17) is 19.6 Å². The van der Waals surface area contributed by atoms with Crippen molar-refractivity contribution in [2.24, 2.45) is 0 Å². The number of H-pyrrole nitrogens is 1. The van der Waals surface area contributed by atoms with Gasteiger partial charge in [-0.25, -0.2) is 22.6 Å². The number of rotatable bonds is 12. The van der Waals surface area contributed by atoms with E-state index in [2.05, 4.69) is 20.1 Å². The van der Waals surface area contributed by atoms with Gasteiger partial charge in [0.05, 0.1) is 30.2 Å². The van der Waals surface area contributed by atoms with Crippen LogP contribution in [0.5, 0.6) is 5.75 Å². The maximum absolute atomic E-state index is 13.7. The van der Waals surface area contributed by atoms with Crippen LogP contribution in [0.1, 0.15) is 19.8 Å². The van der Waals surface area contributed by atoms with E-state index >= 15 is 0 Å². The molecule has 1 aliphatic rings. The first-order valence-corrected chi connectivity index (χ1v) is 14.7. The number of aliphatic hydroxyl groups excluding tert-OH is 1. The summed E-state index contributed by atoms with van der Waals surface area (Å²) >= 11 is 0. The quantitative estimate of drug-likeness (QED) is 0.245. The lowest BCUT2D eigenvalue weighted by Gasteiger charge is -2.33. The molecule has 1 aromatic carbocycles. The Bertz CT molecular complexity index is 1640. The summed E-state index contributed by atoms with van der Waals surface area (Å²) in [6, 6.07) is 4.76. The van der Waals surface area contributed by atoms with Crippen LogP contribution in [0.4, 0.5) is 0 Å². The lowest BCUT2D eigenvalue weighted by Crippen LogP contribution is -2.48. The second kappa shape index (κ2) is 12.0. The zero-order valence-electron chi connectivity index (χ0n) is 22.6. The van der Waals surface area contributed by atoms with Crippen molar-refractivity contribution in [2.75, 3.05) is 59.7 Å². The first-order valence-electron chi connectivity index (χ1n) is 13.3. The van der Waals surface area contributed by atoms with Gasteiger partial charge >= 0.3 is 5.69 Å². The molecule has 1 aliphatic heterocycles. The summed E-state index contributed by atoms with van der Waals surface area (Å²) in [7, 11) is -2.25. The van der Waals surface area contributed by atoms with Crippen LogP contribution >= 0.6 is 0 Å². The van der Waals surface area contributed by atoms with Gasteiger partial charge in [-0.2, -0.15) is 4.31 Å². The van der Waals surface area contributed by atoms with Crippen LogP contribution in [-0.2, 0) is 21.3 Å². The number of methoxy groups -OCH3 is 1. The number of sulfonamides is 1. The predicted molar refractivity (Wildman–Crippen MR) is 147 cm³/mol. The largest absolute Gasteiger partial charge is 0.493 e. The molecule has 0 atom stereocenters. The molecule has 0 unspecified atom stereocenters. The summed E-state index contributed by atoms with van der Waals surface area (Å²) in [5, 5.41) is 17.1. The Morgan fingerprint density at radius 3 is 2.62 bits per heavy atom. The number of ether oxygens (including phenoxy) is 2. The molecule has 4 aromatic rings. The number of imidazole rings is 1. The van der Waals surface area contributed by atoms with Crippen LogP contribution in [0.25, 0.3) is 28.2 Å². The van der Waals surface area contributed by atoms with Crippen LogP contribution in [0.15, 0.2) is 34.2 Å². The van der Waals surface area contributed by atoms with Crippen molar-refractivity contribution in [1.82, 2.24) is 38.3 Å². The van der Waals surface area contributed by atoms with Gasteiger partial charge in [-0.1, -0.05) is 6.92 Å². The summed E-state index contributed by atoms with van der Waals surface area (Å²) in [6.45, 7) is 5.72. The molecule has 1 fully saturated rings. The van der Waals surface area contributed by atoms with Gasteiger partial charge in [0.2, 0.25) is 10.0 Å². The standard InChI is InChI=1S/C25H34N8O6S/c1-3-14-39-20-6-5-18(40(36,37)31-10-8-30(9-11-31)7-4-13-34)16-19(20)22-27-21-23(28-22)32(12-15-38-2)25(35)33-17-26-29-24(21)33/h5-6,16-17,34H,3-4,7-15H2,1-2H3,(H,27,28). The number of hydrogen-bond donors (Lipinski definition) is 2. The second-order valence-corrected chi connectivity index (χ2v) is 11.5. The molecule has 5 rings (SSSR count). The maximum atomic E-state index is 13.7. The topological polar surface area (TPSA) is 160 Å². The first-order chi connectivity index (χ1) is 19.4. The molecule has 0 saturated carbocycles. The van der Waals surface area contributed by atoms with Crippen molar-refractivity contribution in [3.8, 4) is 17.1 Å². The fourth-order valence-corrected chi connectivity index (χ4v) is 6.27. The van der Waals surface area contributed by atoms with Crippen molar-refractivity contribution in [3.05, 3.63) is 35.0 Å². The minimum absolute atomic E-state index is 0.112. The number of nitrogens with one attached hydrogen (secondary N) is 1. The van der Waals surface area contributed by atoms with Crippen LogP contribution in [0.3, 0.4) is 0 Å².